The van der Waals surface area contributed by atoms with Crippen LogP contribution in [0.2, 0.25) is 0 Å². The maximum Gasteiger partial charge on any atom is 0.251 e. The number of halogens is 2. The van der Waals surface area contributed by atoms with Crippen molar-refractivity contribution in [1.29, 1.82) is 0 Å². The van der Waals surface area contributed by atoms with Gasteiger partial charge in [0, 0.05) is 6.54 Å². The number of rotatable bonds is 6. The van der Waals surface area contributed by atoms with Gasteiger partial charge in [-0.3, -0.25) is 4.90 Å². The van der Waals surface area contributed by atoms with Crippen LogP contribution in [-0.2, 0) is 6.54 Å². The molecule has 0 bridgehead atoms. The zero-order valence-corrected chi connectivity index (χ0v) is 11.1. The quantitative estimate of drug-likeness (QED) is 0.806. The molecule has 0 aliphatic heterocycles. The predicted molar refractivity (Wildman–Crippen MR) is 71.2 cm³/mol. The van der Waals surface area contributed by atoms with E-state index in [1.807, 2.05) is 6.07 Å². The third-order valence-corrected chi connectivity index (χ3v) is 2.65. The standard InChI is InChI=1S/C12H16F2N2OS/c1-16(7-11(13)14)6-8-3-4-10(17-2)9(5-8)12(15)18/h3-5,11H,6-7H2,1-2H3,(H2,15,18). The van der Waals surface area contributed by atoms with E-state index >= 15 is 0 Å². The third kappa shape index (κ3) is 4.19. The Labute approximate surface area is 111 Å². The summed E-state index contributed by atoms with van der Waals surface area (Å²) in [5.41, 5.74) is 7.07. The van der Waals surface area contributed by atoms with Gasteiger partial charge in [0.2, 0.25) is 0 Å². The number of nitrogens with zero attached hydrogens (tertiary/aromatic N) is 1. The van der Waals surface area contributed by atoms with Gasteiger partial charge in [0.05, 0.1) is 19.2 Å². The molecular formula is C12H16F2N2OS. The number of hydrogen-bond donors (Lipinski definition) is 1. The van der Waals surface area contributed by atoms with Crippen molar-refractivity contribution in [3.8, 4) is 5.75 Å². The molecule has 0 amide bonds. The highest BCUT2D eigenvalue weighted by Gasteiger charge is 2.11. The van der Waals surface area contributed by atoms with E-state index < -0.39 is 6.43 Å². The summed E-state index contributed by atoms with van der Waals surface area (Å²) in [5, 5.41) is 0. The van der Waals surface area contributed by atoms with Gasteiger partial charge >= 0.3 is 0 Å². The molecule has 0 spiro atoms. The van der Waals surface area contributed by atoms with Crippen LogP contribution in [0.15, 0.2) is 18.2 Å². The predicted octanol–water partition coefficient (Wildman–Crippen LogP) is 2.03. The van der Waals surface area contributed by atoms with Crippen molar-refractivity contribution < 1.29 is 13.5 Å². The minimum atomic E-state index is -2.34. The lowest BCUT2D eigenvalue weighted by atomic mass is 10.1. The SMILES string of the molecule is COc1ccc(CN(C)CC(F)F)cc1C(N)=S. The first kappa shape index (κ1) is 14.8. The lowest BCUT2D eigenvalue weighted by Gasteiger charge is -2.17. The molecule has 100 valence electrons. The molecule has 1 rings (SSSR count). The van der Waals surface area contributed by atoms with Crippen LogP contribution in [-0.4, -0.2) is 37.0 Å². The lowest BCUT2D eigenvalue weighted by Crippen LogP contribution is -2.24. The van der Waals surface area contributed by atoms with Crippen molar-refractivity contribution in [1.82, 2.24) is 4.90 Å². The zero-order valence-electron chi connectivity index (χ0n) is 10.3. The fraction of sp³-hybridized carbons (Fsp3) is 0.417. The van der Waals surface area contributed by atoms with Gasteiger partial charge in [0.25, 0.3) is 6.43 Å². The molecule has 0 saturated carbocycles. The summed E-state index contributed by atoms with van der Waals surface area (Å²) in [5.74, 6) is 0.586. The van der Waals surface area contributed by atoms with Gasteiger partial charge in [-0.25, -0.2) is 8.78 Å². The van der Waals surface area contributed by atoms with E-state index in [0.29, 0.717) is 17.9 Å². The smallest absolute Gasteiger partial charge is 0.251 e. The van der Waals surface area contributed by atoms with Gasteiger partial charge in [-0.15, -0.1) is 0 Å². The Bertz CT molecular complexity index is 427. The van der Waals surface area contributed by atoms with E-state index in [9.17, 15) is 8.78 Å². The van der Waals surface area contributed by atoms with Crippen molar-refractivity contribution in [3.63, 3.8) is 0 Å². The number of hydrogen-bond acceptors (Lipinski definition) is 3. The van der Waals surface area contributed by atoms with Crippen LogP contribution in [0.25, 0.3) is 0 Å². The fourth-order valence-corrected chi connectivity index (χ4v) is 1.82. The molecule has 0 radical (unpaired) electrons. The average Bonchev–Trinajstić information content (AvgIpc) is 2.27. The van der Waals surface area contributed by atoms with Crippen molar-refractivity contribution in [3.05, 3.63) is 29.3 Å². The van der Waals surface area contributed by atoms with Crippen LogP contribution in [0, 0.1) is 0 Å². The third-order valence-electron chi connectivity index (χ3n) is 2.43. The van der Waals surface area contributed by atoms with Gasteiger partial charge in [-0.05, 0) is 24.7 Å². The number of methoxy groups -OCH3 is 1. The molecule has 0 saturated heterocycles. The zero-order chi connectivity index (χ0) is 13.7. The topological polar surface area (TPSA) is 38.5 Å². The van der Waals surface area contributed by atoms with Crippen LogP contribution in [0.5, 0.6) is 5.75 Å². The Balaban J connectivity index is 2.85. The van der Waals surface area contributed by atoms with Gasteiger partial charge < -0.3 is 10.5 Å². The Morgan fingerprint density at radius 1 is 1.50 bits per heavy atom. The number of benzene rings is 1. The molecule has 0 fully saturated rings. The van der Waals surface area contributed by atoms with Crippen molar-refractivity contribution in [2.45, 2.75) is 13.0 Å². The minimum Gasteiger partial charge on any atom is -0.496 e. The molecule has 18 heavy (non-hydrogen) atoms. The second-order valence-corrected chi connectivity index (χ2v) is 4.43. The van der Waals surface area contributed by atoms with E-state index in [0.717, 1.165) is 5.56 Å². The van der Waals surface area contributed by atoms with Crippen LogP contribution in [0.1, 0.15) is 11.1 Å². The Morgan fingerprint density at radius 3 is 2.67 bits per heavy atom. The van der Waals surface area contributed by atoms with Crippen molar-refractivity contribution in [2.75, 3.05) is 20.7 Å². The highest BCUT2D eigenvalue weighted by molar-refractivity contribution is 7.80. The monoisotopic (exact) mass is 274 g/mol. The van der Waals surface area contributed by atoms with Crippen LogP contribution in [0.3, 0.4) is 0 Å². The van der Waals surface area contributed by atoms with E-state index in [1.165, 1.54) is 12.0 Å². The molecule has 0 aliphatic carbocycles. The van der Waals surface area contributed by atoms with Gasteiger partial charge in [0.1, 0.15) is 10.7 Å². The Hall–Kier alpha value is -1.27. The van der Waals surface area contributed by atoms with E-state index in [1.54, 1.807) is 19.2 Å². The molecule has 0 unspecified atom stereocenters. The summed E-state index contributed by atoms with van der Waals surface area (Å²) in [7, 11) is 3.16. The summed E-state index contributed by atoms with van der Waals surface area (Å²) < 4.78 is 29.6. The molecule has 3 nitrogen and oxygen atoms in total. The summed E-state index contributed by atoms with van der Waals surface area (Å²) in [6, 6.07) is 5.31. The summed E-state index contributed by atoms with van der Waals surface area (Å²) in [6.07, 6.45) is -2.34. The van der Waals surface area contributed by atoms with Crippen LogP contribution in [0.4, 0.5) is 8.78 Å². The number of thiocarbonyl (C=S) groups is 1. The minimum absolute atomic E-state index is 0.227. The summed E-state index contributed by atoms with van der Waals surface area (Å²) >= 11 is 4.92. The normalized spacial score (nSPS) is 11.0. The van der Waals surface area contributed by atoms with E-state index in [-0.39, 0.29) is 11.5 Å². The molecule has 1 aromatic rings. The second kappa shape index (κ2) is 6.61. The molecule has 0 aliphatic rings. The fourth-order valence-electron chi connectivity index (χ4n) is 1.66. The first-order chi connectivity index (χ1) is 8.43. The molecule has 6 heteroatoms. The number of nitrogens with two attached hydrogens (primary N) is 1. The number of ether oxygens (including phenoxy) is 1. The Kier molecular flexibility index (Phi) is 5.43. The van der Waals surface area contributed by atoms with Gasteiger partial charge in [0.15, 0.2) is 0 Å². The average molecular weight is 274 g/mol. The van der Waals surface area contributed by atoms with Gasteiger partial charge in [-0.2, -0.15) is 0 Å². The highest BCUT2D eigenvalue weighted by Crippen LogP contribution is 2.20. The van der Waals surface area contributed by atoms with Gasteiger partial charge in [-0.1, -0.05) is 18.3 Å². The molecule has 0 heterocycles. The summed E-state index contributed by atoms with van der Waals surface area (Å²) in [6.45, 7) is 0.137. The van der Waals surface area contributed by atoms with Crippen LogP contribution < -0.4 is 10.5 Å². The van der Waals surface area contributed by atoms with E-state index in [4.69, 9.17) is 22.7 Å². The Morgan fingerprint density at radius 2 is 2.17 bits per heavy atom. The van der Waals surface area contributed by atoms with Crippen LogP contribution >= 0.6 is 12.2 Å². The molecular weight excluding hydrogens is 258 g/mol. The highest BCUT2D eigenvalue weighted by atomic mass is 32.1. The first-order valence-corrected chi connectivity index (χ1v) is 5.78. The van der Waals surface area contributed by atoms with Crippen molar-refractivity contribution in [2.24, 2.45) is 5.73 Å². The summed E-state index contributed by atoms with van der Waals surface area (Å²) in [4.78, 5) is 1.76. The maximum absolute atomic E-state index is 12.2. The van der Waals surface area contributed by atoms with Crippen molar-refractivity contribution >= 4 is 17.2 Å². The first-order valence-electron chi connectivity index (χ1n) is 5.37. The molecule has 0 aromatic heterocycles. The molecule has 1 aromatic carbocycles. The lowest BCUT2D eigenvalue weighted by molar-refractivity contribution is 0.0975. The number of alkyl halides is 2. The second-order valence-electron chi connectivity index (χ2n) is 3.99. The maximum atomic E-state index is 12.2. The van der Waals surface area contributed by atoms with E-state index in [2.05, 4.69) is 0 Å². The molecule has 0 atom stereocenters. The largest absolute Gasteiger partial charge is 0.496 e. The molecule has 2 N–H and O–H groups in total.